The molecule has 0 radical (unpaired) electrons. The van der Waals surface area contributed by atoms with Gasteiger partial charge in [0.2, 0.25) is 11.9 Å². The smallest absolute Gasteiger partial charge is 0.264 e. The minimum absolute atomic E-state index is 0.136. The van der Waals surface area contributed by atoms with Gasteiger partial charge in [-0.25, -0.2) is 4.98 Å². The zero-order valence-electron chi connectivity index (χ0n) is 21.7. The number of amides is 2. The third-order valence-electron chi connectivity index (χ3n) is 6.02. The number of thiophene rings is 1. The maximum Gasteiger partial charge on any atom is 0.264 e. The van der Waals surface area contributed by atoms with Gasteiger partial charge in [-0.2, -0.15) is 0 Å². The Balaban J connectivity index is 1.46. The lowest BCUT2D eigenvalue weighted by Crippen LogP contribution is -2.37. The molecule has 3 heterocycles. The summed E-state index contributed by atoms with van der Waals surface area (Å²) in [6, 6.07) is 19.6. The Morgan fingerprint density at radius 3 is 2.52 bits per heavy atom. The van der Waals surface area contributed by atoms with Gasteiger partial charge in [0.15, 0.2) is 11.5 Å². The molecule has 0 bridgehead atoms. The number of nitrogens with one attached hydrogen (secondary N) is 1. The van der Waals surface area contributed by atoms with Crippen molar-refractivity contribution in [2.45, 2.75) is 6.54 Å². The number of hydrogen-bond donors (Lipinski definition) is 1. The number of methoxy groups -OCH3 is 2. The lowest BCUT2D eigenvalue weighted by atomic mass is 10.2. The average Bonchev–Trinajstić information content (AvgIpc) is 3.75. The summed E-state index contributed by atoms with van der Waals surface area (Å²) in [5.41, 5.74) is 2.11. The molecule has 2 aromatic carbocycles. The molecule has 0 aliphatic heterocycles. The fraction of sp³-hybridized carbons (Fsp3) is 0.138. The monoisotopic (exact) mass is 576 g/mol. The summed E-state index contributed by atoms with van der Waals surface area (Å²) in [7, 11) is 3.11. The Morgan fingerprint density at radius 1 is 1.05 bits per heavy atom. The number of aromatic nitrogens is 2. The van der Waals surface area contributed by atoms with Crippen LogP contribution in [0.15, 0.2) is 89.0 Å². The molecular formula is C29H25ClN4O5S. The van der Waals surface area contributed by atoms with Crippen molar-refractivity contribution in [3.8, 4) is 28.4 Å². The maximum absolute atomic E-state index is 13.4. The molecule has 1 N–H and O–H groups in total. The van der Waals surface area contributed by atoms with Crippen LogP contribution in [0.4, 0.5) is 5.95 Å². The molecule has 0 saturated heterocycles. The third kappa shape index (κ3) is 6.03. The maximum atomic E-state index is 13.4. The van der Waals surface area contributed by atoms with Crippen LogP contribution in [0.1, 0.15) is 15.4 Å². The van der Waals surface area contributed by atoms with Gasteiger partial charge in [0.05, 0.1) is 43.3 Å². The second-order valence-electron chi connectivity index (χ2n) is 8.63. The quantitative estimate of drug-likeness (QED) is 0.214. The van der Waals surface area contributed by atoms with E-state index in [1.807, 2.05) is 23.6 Å². The first-order chi connectivity index (χ1) is 19.4. The van der Waals surface area contributed by atoms with Crippen molar-refractivity contribution in [1.82, 2.24) is 14.5 Å². The van der Waals surface area contributed by atoms with E-state index in [0.29, 0.717) is 38.5 Å². The molecule has 40 heavy (non-hydrogen) atoms. The first-order valence-corrected chi connectivity index (χ1v) is 13.4. The van der Waals surface area contributed by atoms with Crippen LogP contribution in [0, 0.1) is 0 Å². The highest BCUT2D eigenvalue weighted by Gasteiger charge is 2.23. The number of nitrogens with zero attached hydrogens (tertiary/aromatic N) is 3. The van der Waals surface area contributed by atoms with Gasteiger partial charge in [0, 0.05) is 22.8 Å². The zero-order valence-corrected chi connectivity index (χ0v) is 23.2. The summed E-state index contributed by atoms with van der Waals surface area (Å²) in [6.45, 7) is -0.0796. The van der Waals surface area contributed by atoms with E-state index in [1.54, 1.807) is 73.5 Å². The van der Waals surface area contributed by atoms with E-state index >= 15 is 0 Å². The fourth-order valence-electron chi connectivity index (χ4n) is 4.08. The molecule has 0 aliphatic carbocycles. The number of carbonyl (C=O) groups is 2. The van der Waals surface area contributed by atoms with Crippen LogP contribution in [0.2, 0.25) is 5.02 Å². The Morgan fingerprint density at radius 2 is 1.85 bits per heavy atom. The van der Waals surface area contributed by atoms with Crippen LogP contribution in [0.5, 0.6) is 11.5 Å². The average molecular weight is 577 g/mol. The molecule has 3 aromatic heterocycles. The molecule has 0 fully saturated rings. The summed E-state index contributed by atoms with van der Waals surface area (Å²) >= 11 is 7.39. The van der Waals surface area contributed by atoms with Crippen molar-refractivity contribution in [2.75, 3.05) is 26.1 Å². The van der Waals surface area contributed by atoms with Gasteiger partial charge in [-0.1, -0.05) is 29.8 Å². The Kier molecular flexibility index (Phi) is 8.18. The number of rotatable bonds is 10. The van der Waals surface area contributed by atoms with E-state index in [4.69, 9.17) is 30.5 Å². The molecule has 204 valence electrons. The number of hydrogen-bond acceptors (Lipinski definition) is 7. The lowest BCUT2D eigenvalue weighted by molar-refractivity contribution is -0.117. The van der Waals surface area contributed by atoms with Crippen molar-refractivity contribution >= 4 is 40.7 Å². The molecule has 0 saturated carbocycles. The standard InChI is InChI=1S/C29H25ClN4O5S/c1-37-24-12-11-21(15-25(24)38-2)34-17-23(19-7-9-20(30)10-8-19)31-29(34)32-27(35)18-33(16-22-5-3-13-39-22)28(36)26-6-4-14-40-26/h3-15,17H,16,18H2,1-2H3,(H,31,32,35). The van der Waals surface area contributed by atoms with Crippen LogP contribution in [-0.4, -0.2) is 47.0 Å². The first kappa shape index (κ1) is 27.0. The van der Waals surface area contributed by atoms with Gasteiger partial charge in [-0.15, -0.1) is 11.3 Å². The molecule has 9 nitrogen and oxygen atoms in total. The number of ether oxygens (including phenoxy) is 2. The Bertz CT molecular complexity index is 1600. The van der Waals surface area contributed by atoms with Crippen molar-refractivity contribution in [2.24, 2.45) is 0 Å². The van der Waals surface area contributed by atoms with Crippen LogP contribution in [-0.2, 0) is 11.3 Å². The summed E-state index contributed by atoms with van der Waals surface area (Å²) in [6.07, 6.45) is 3.33. The number of carbonyl (C=O) groups excluding carboxylic acids is 2. The van der Waals surface area contributed by atoms with Crippen LogP contribution < -0.4 is 14.8 Å². The lowest BCUT2D eigenvalue weighted by Gasteiger charge is -2.20. The van der Waals surface area contributed by atoms with Gasteiger partial charge in [0.1, 0.15) is 12.3 Å². The molecule has 0 aliphatic rings. The van der Waals surface area contributed by atoms with Gasteiger partial charge < -0.3 is 18.8 Å². The largest absolute Gasteiger partial charge is 0.493 e. The van der Waals surface area contributed by atoms with E-state index in [-0.39, 0.29) is 24.9 Å². The Labute approximate surface area is 239 Å². The SMILES string of the molecule is COc1ccc(-n2cc(-c3ccc(Cl)cc3)nc2NC(=O)CN(Cc2ccco2)C(=O)c2cccs2)cc1OC. The number of imidazole rings is 1. The third-order valence-corrected chi connectivity index (χ3v) is 7.13. The molecule has 5 aromatic rings. The molecule has 0 unspecified atom stereocenters. The topological polar surface area (TPSA) is 98.8 Å². The highest BCUT2D eigenvalue weighted by atomic mass is 35.5. The molecule has 2 amide bonds. The first-order valence-electron chi connectivity index (χ1n) is 12.2. The Hall–Kier alpha value is -4.54. The van der Waals surface area contributed by atoms with Gasteiger partial charge in [0.25, 0.3) is 5.91 Å². The molecule has 0 spiro atoms. The van der Waals surface area contributed by atoms with Gasteiger partial charge in [-0.05, 0) is 47.8 Å². The summed E-state index contributed by atoms with van der Waals surface area (Å²) in [5.74, 6) is 1.22. The summed E-state index contributed by atoms with van der Waals surface area (Å²) in [4.78, 5) is 33.2. The van der Waals surface area contributed by atoms with Gasteiger partial charge >= 0.3 is 0 Å². The summed E-state index contributed by atoms with van der Waals surface area (Å²) in [5, 5.41) is 5.30. The van der Waals surface area contributed by atoms with E-state index in [0.717, 1.165) is 5.56 Å². The fourth-order valence-corrected chi connectivity index (χ4v) is 4.90. The summed E-state index contributed by atoms with van der Waals surface area (Å²) < 4.78 is 18.0. The van der Waals surface area contributed by atoms with Crippen LogP contribution in [0.3, 0.4) is 0 Å². The molecule has 5 rings (SSSR count). The van der Waals surface area contributed by atoms with E-state index in [1.165, 1.54) is 22.5 Å². The van der Waals surface area contributed by atoms with Crippen LogP contribution >= 0.6 is 22.9 Å². The van der Waals surface area contributed by atoms with Crippen molar-refractivity contribution in [3.63, 3.8) is 0 Å². The van der Waals surface area contributed by atoms with E-state index in [9.17, 15) is 9.59 Å². The van der Waals surface area contributed by atoms with E-state index < -0.39 is 5.91 Å². The van der Waals surface area contributed by atoms with Gasteiger partial charge in [-0.3, -0.25) is 19.5 Å². The van der Waals surface area contributed by atoms with Crippen LogP contribution in [0.25, 0.3) is 16.9 Å². The minimum Gasteiger partial charge on any atom is -0.493 e. The molecular weight excluding hydrogens is 552 g/mol. The second-order valence-corrected chi connectivity index (χ2v) is 10.0. The second kappa shape index (κ2) is 12.1. The number of benzene rings is 2. The minimum atomic E-state index is -0.425. The van der Waals surface area contributed by atoms with Crippen molar-refractivity contribution in [1.29, 1.82) is 0 Å². The highest BCUT2D eigenvalue weighted by molar-refractivity contribution is 7.12. The predicted octanol–water partition coefficient (Wildman–Crippen LogP) is 6.15. The molecule has 11 heteroatoms. The van der Waals surface area contributed by atoms with Crippen molar-refractivity contribution < 1.29 is 23.5 Å². The predicted molar refractivity (Wildman–Crippen MR) is 154 cm³/mol. The number of anilines is 1. The highest BCUT2D eigenvalue weighted by Crippen LogP contribution is 2.32. The zero-order chi connectivity index (χ0) is 28.1. The van der Waals surface area contributed by atoms with E-state index in [2.05, 4.69) is 5.32 Å². The number of furan rings is 1. The van der Waals surface area contributed by atoms with Crippen molar-refractivity contribution in [3.05, 3.63) is 100 Å². The molecule has 0 atom stereocenters. The normalized spacial score (nSPS) is 10.8. The number of halogens is 1.